The van der Waals surface area contributed by atoms with E-state index in [4.69, 9.17) is 9.47 Å². The molecule has 116 valence electrons. The van der Waals surface area contributed by atoms with Crippen molar-refractivity contribution in [2.45, 2.75) is 52.1 Å². The van der Waals surface area contributed by atoms with E-state index in [0.717, 1.165) is 18.4 Å². The van der Waals surface area contributed by atoms with Gasteiger partial charge < -0.3 is 14.6 Å². The lowest BCUT2D eigenvalue weighted by Gasteiger charge is -2.23. The average Bonchev–Trinajstić information content (AvgIpc) is 2.93. The Hall–Kier alpha value is -1.71. The molecule has 21 heavy (non-hydrogen) atoms. The first kappa shape index (κ1) is 15.7. The fourth-order valence-electron chi connectivity index (χ4n) is 2.72. The molecule has 1 aromatic rings. The maximum Gasteiger partial charge on any atom is 0.309 e. The van der Waals surface area contributed by atoms with Crippen LogP contribution in [0.5, 0.6) is 11.5 Å². The molecule has 0 saturated heterocycles. The summed E-state index contributed by atoms with van der Waals surface area (Å²) in [7, 11) is 1.61. The van der Waals surface area contributed by atoms with E-state index in [-0.39, 0.29) is 6.10 Å². The van der Waals surface area contributed by atoms with Crippen LogP contribution in [0.15, 0.2) is 18.2 Å². The van der Waals surface area contributed by atoms with Crippen LogP contribution in [0.25, 0.3) is 0 Å². The number of rotatable bonds is 6. The third-order valence-electron chi connectivity index (χ3n) is 4.08. The molecule has 1 aliphatic rings. The van der Waals surface area contributed by atoms with Gasteiger partial charge >= 0.3 is 5.97 Å². The van der Waals surface area contributed by atoms with Gasteiger partial charge in [-0.15, -0.1) is 0 Å². The number of benzene rings is 1. The summed E-state index contributed by atoms with van der Waals surface area (Å²) < 4.78 is 11.5. The van der Waals surface area contributed by atoms with Gasteiger partial charge in [0, 0.05) is 0 Å². The van der Waals surface area contributed by atoms with Gasteiger partial charge in [0.1, 0.15) is 0 Å². The molecule has 4 nitrogen and oxygen atoms in total. The first-order chi connectivity index (χ1) is 9.94. The number of carbonyl (C=O) groups is 1. The summed E-state index contributed by atoms with van der Waals surface area (Å²) in [4.78, 5) is 11.4. The third-order valence-corrected chi connectivity index (χ3v) is 4.08. The fourth-order valence-corrected chi connectivity index (χ4v) is 2.72. The molecule has 1 aromatic carbocycles. The van der Waals surface area contributed by atoms with Crippen molar-refractivity contribution in [3.8, 4) is 11.5 Å². The van der Waals surface area contributed by atoms with Gasteiger partial charge in [0.15, 0.2) is 11.5 Å². The van der Waals surface area contributed by atoms with Gasteiger partial charge in [-0.2, -0.15) is 0 Å². The summed E-state index contributed by atoms with van der Waals surface area (Å²) in [6, 6.07) is 5.67. The number of methoxy groups -OCH3 is 1. The van der Waals surface area contributed by atoms with E-state index >= 15 is 0 Å². The molecule has 0 spiro atoms. The summed E-state index contributed by atoms with van der Waals surface area (Å²) in [5.41, 5.74) is 0.0637. The number of hydrogen-bond acceptors (Lipinski definition) is 3. The Balaban J connectivity index is 2.28. The smallest absolute Gasteiger partial charge is 0.309 e. The van der Waals surface area contributed by atoms with Crippen molar-refractivity contribution >= 4 is 5.97 Å². The Morgan fingerprint density at radius 1 is 1.33 bits per heavy atom. The fraction of sp³-hybridized carbons (Fsp3) is 0.588. The first-order valence-corrected chi connectivity index (χ1v) is 7.50. The van der Waals surface area contributed by atoms with Gasteiger partial charge in [-0.1, -0.05) is 12.1 Å². The van der Waals surface area contributed by atoms with Gasteiger partial charge in [-0.25, -0.2) is 0 Å². The van der Waals surface area contributed by atoms with Crippen LogP contribution in [0.4, 0.5) is 0 Å². The van der Waals surface area contributed by atoms with Gasteiger partial charge in [0.25, 0.3) is 0 Å². The highest BCUT2D eigenvalue weighted by Crippen LogP contribution is 2.37. The standard InChI is InChI=1S/C17H24O4/c1-17(2,16(18)19)11-12-7-6-10-14(20-3)15(12)21-13-8-4-5-9-13/h6-7,10,13H,4-5,8-9,11H2,1-3H3,(H,18,19). The lowest BCUT2D eigenvalue weighted by atomic mass is 9.85. The highest BCUT2D eigenvalue weighted by atomic mass is 16.5. The number of carboxylic acids is 1. The van der Waals surface area contributed by atoms with E-state index < -0.39 is 11.4 Å². The second kappa shape index (κ2) is 6.37. The highest BCUT2D eigenvalue weighted by molar-refractivity contribution is 5.74. The van der Waals surface area contributed by atoms with Crippen LogP contribution >= 0.6 is 0 Å². The largest absolute Gasteiger partial charge is 0.493 e. The van der Waals surface area contributed by atoms with Crippen LogP contribution in [0.3, 0.4) is 0 Å². The van der Waals surface area contributed by atoms with Gasteiger partial charge in [0.2, 0.25) is 0 Å². The maximum atomic E-state index is 11.4. The molecular weight excluding hydrogens is 268 g/mol. The molecule has 1 fully saturated rings. The van der Waals surface area contributed by atoms with Gasteiger partial charge in [-0.05, 0) is 57.6 Å². The molecule has 0 amide bonds. The molecule has 0 atom stereocenters. The van der Waals surface area contributed by atoms with Crippen molar-refractivity contribution in [3.05, 3.63) is 23.8 Å². The molecule has 1 saturated carbocycles. The molecule has 1 aliphatic carbocycles. The van der Waals surface area contributed by atoms with Crippen LogP contribution in [-0.2, 0) is 11.2 Å². The lowest BCUT2D eigenvalue weighted by Crippen LogP contribution is -2.26. The van der Waals surface area contributed by atoms with E-state index in [9.17, 15) is 9.90 Å². The number of hydrogen-bond donors (Lipinski definition) is 1. The van der Waals surface area contributed by atoms with Crippen molar-refractivity contribution in [1.82, 2.24) is 0 Å². The quantitative estimate of drug-likeness (QED) is 0.869. The van der Waals surface area contributed by atoms with Gasteiger partial charge in [0.05, 0.1) is 18.6 Å². The Labute approximate surface area is 126 Å². The second-order valence-electron chi connectivity index (χ2n) is 6.34. The summed E-state index contributed by atoms with van der Waals surface area (Å²) in [5.74, 6) is 0.582. The molecule has 4 heteroatoms. The highest BCUT2D eigenvalue weighted by Gasteiger charge is 2.30. The van der Waals surface area contributed by atoms with Gasteiger partial charge in [-0.3, -0.25) is 4.79 Å². The van der Waals surface area contributed by atoms with Crippen LogP contribution in [0.2, 0.25) is 0 Å². The Kier molecular flexibility index (Phi) is 4.76. The zero-order chi connectivity index (χ0) is 15.5. The maximum absolute atomic E-state index is 11.4. The summed E-state index contributed by atoms with van der Waals surface area (Å²) in [6.45, 7) is 3.46. The van der Waals surface area contributed by atoms with Crippen molar-refractivity contribution in [1.29, 1.82) is 0 Å². The van der Waals surface area contributed by atoms with E-state index in [1.165, 1.54) is 12.8 Å². The predicted molar refractivity (Wildman–Crippen MR) is 81.0 cm³/mol. The summed E-state index contributed by atoms with van der Waals surface area (Å²) in [6.07, 6.45) is 5.13. The van der Waals surface area contributed by atoms with E-state index in [0.29, 0.717) is 17.9 Å². The molecule has 0 unspecified atom stereocenters. The van der Waals surface area contributed by atoms with Crippen molar-refractivity contribution < 1.29 is 19.4 Å². The van der Waals surface area contributed by atoms with Crippen LogP contribution in [0, 0.1) is 5.41 Å². The molecule has 0 aliphatic heterocycles. The molecule has 1 N–H and O–H groups in total. The van der Waals surface area contributed by atoms with E-state index in [2.05, 4.69) is 0 Å². The molecule has 0 aromatic heterocycles. The first-order valence-electron chi connectivity index (χ1n) is 7.50. The Morgan fingerprint density at radius 2 is 2.00 bits per heavy atom. The third kappa shape index (κ3) is 3.69. The normalized spacial score (nSPS) is 16.0. The molecule has 0 radical (unpaired) electrons. The second-order valence-corrected chi connectivity index (χ2v) is 6.34. The Bertz CT molecular complexity index is 502. The number of aliphatic carboxylic acids is 1. The number of carboxylic acid groups (broad SMARTS) is 1. The van der Waals surface area contributed by atoms with Crippen molar-refractivity contribution in [3.63, 3.8) is 0 Å². The minimum Gasteiger partial charge on any atom is -0.493 e. The van der Waals surface area contributed by atoms with Crippen LogP contribution in [0.1, 0.15) is 45.1 Å². The zero-order valence-corrected chi connectivity index (χ0v) is 13.0. The van der Waals surface area contributed by atoms with Crippen LogP contribution in [-0.4, -0.2) is 24.3 Å². The number of ether oxygens (including phenoxy) is 2. The minimum atomic E-state index is -0.833. The molecular formula is C17H24O4. The predicted octanol–water partition coefficient (Wildman–Crippen LogP) is 3.67. The van der Waals surface area contributed by atoms with Crippen LogP contribution < -0.4 is 9.47 Å². The lowest BCUT2D eigenvalue weighted by molar-refractivity contribution is -0.146. The summed E-state index contributed by atoms with van der Waals surface area (Å²) >= 11 is 0. The summed E-state index contributed by atoms with van der Waals surface area (Å²) in [5, 5.41) is 9.33. The monoisotopic (exact) mass is 292 g/mol. The average molecular weight is 292 g/mol. The molecule has 2 rings (SSSR count). The van der Waals surface area contributed by atoms with E-state index in [1.807, 2.05) is 18.2 Å². The number of para-hydroxylation sites is 1. The minimum absolute atomic E-state index is 0.216. The SMILES string of the molecule is COc1cccc(CC(C)(C)C(=O)O)c1OC1CCCC1. The Morgan fingerprint density at radius 3 is 2.57 bits per heavy atom. The van der Waals surface area contributed by atoms with E-state index in [1.54, 1.807) is 21.0 Å². The van der Waals surface area contributed by atoms with Crippen molar-refractivity contribution in [2.24, 2.45) is 5.41 Å². The molecule has 0 bridgehead atoms. The topological polar surface area (TPSA) is 55.8 Å². The molecule has 0 heterocycles. The van der Waals surface area contributed by atoms with Crippen molar-refractivity contribution in [2.75, 3.05) is 7.11 Å². The zero-order valence-electron chi connectivity index (χ0n) is 13.0.